The lowest BCUT2D eigenvalue weighted by atomic mass is 10.1. The van der Waals surface area contributed by atoms with Crippen LogP contribution in [0.25, 0.3) is 0 Å². The first-order valence-electron chi connectivity index (χ1n) is 5.59. The molecule has 2 amide bonds. The number of ether oxygens (including phenoxy) is 1. The van der Waals surface area contributed by atoms with Crippen molar-refractivity contribution in [3.63, 3.8) is 0 Å². The van der Waals surface area contributed by atoms with E-state index in [1.807, 2.05) is 0 Å². The molecule has 0 saturated carbocycles. The van der Waals surface area contributed by atoms with E-state index in [4.69, 9.17) is 5.11 Å². The number of rotatable bonds is 10. The van der Waals surface area contributed by atoms with Crippen LogP contribution in [-0.4, -0.2) is 65.4 Å². The molecule has 0 atom stereocenters. The third kappa shape index (κ3) is 7.88. The Morgan fingerprint density at radius 2 is 1.55 bits per heavy atom. The van der Waals surface area contributed by atoms with Crippen LogP contribution < -0.4 is 10.6 Å². The number of aliphatic carboxylic acids is 1. The topological polar surface area (TPSA) is 105 Å². The van der Waals surface area contributed by atoms with Gasteiger partial charge in [-0.1, -0.05) is 0 Å². The predicted octanol–water partition coefficient (Wildman–Crippen LogP) is -1.15. The van der Waals surface area contributed by atoms with Gasteiger partial charge in [0.2, 0.25) is 11.8 Å². The average molecular weight is 342 g/mol. The van der Waals surface area contributed by atoms with E-state index in [0.717, 1.165) is 0 Å². The SMILES string of the molecule is O=C(O)COCC(=O)NCC(=O)NC(CS)(CS)CS. The smallest absolute Gasteiger partial charge is 0.329 e. The Labute approximate surface area is 133 Å². The van der Waals surface area contributed by atoms with E-state index in [9.17, 15) is 14.4 Å². The van der Waals surface area contributed by atoms with Gasteiger partial charge in [-0.3, -0.25) is 9.59 Å². The lowest BCUT2D eigenvalue weighted by Crippen LogP contribution is -2.55. The van der Waals surface area contributed by atoms with Gasteiger partial charge in [-0.15, -0.1) is 0 Å². The van der Waals surface area contributed by atoms with Gasteiger partial charge in [0.15, 0.2) is 0 Å². The molecule has 0 rings (SSSR count). The lowest BCUT2D eigenvalue weighted by molar-refractivity contribution is -0.144. The first-order valence-corrected chi connectivity index (χ1v) is 7.48. The molecule has 0 aromatic rings. The minimum atomic E-state index is -1.17. The van der Waals surface area contributed by atoms with Gasteiger partial charge in [-0.25, -0.2) is 4.79 Å². The molecule has 7 nitrogen and oxygen atoms in total. The Hall–Kier alpha value is -0.580. The Bertz CT molecular complexity index is 342. The summed E-state index contributed by atoms with van der Waals surface area (Å²) in [4.78, 5) is 33.1. The Morgan fingerprint density at radius 1 is 1.00 bits per heavy atom. The Morgan fingerprint density at radius 3 is 2.00 bits per heavy atom. The van der Waals surface area contributed by atoms with E-state index in [0.29, 0.717) is 17.3 Å². The maximum Gasteiger partial charge on any atom is 0.329 e. The molecular weight excluding hydrogens is 324 g/mol. The fourth-order valence-electron chi connectivity index (χ4n) is 1.07. The van der Waals surface area contributed by atoms with Crippen LogP contribution in [0.1, 0.15) is 0 Å². The van der Waals surface area contributed by atoms with Gasteiger partial charge in [0.05, 0.1) is 12.1 Å². The molecule has 20 heavy (non-hydrogen) atoms. The second-order valence-electron chi connectivity index (χ2n) is 3.97. The third-order valence-corrected chi connectivity index (χ3v) is 4.03. The van der Waals surface area contributed by atoms with Crippen molar-refractivity contribution in [1.82, 2.24) is 10.6 Å². The minimum Gasteiger partial charge on any atom is -0.480 e. The lowest BCUT2D eigenvalue weighted by Gasteiger charge is -2.30. The molecule has 10 heteroatoms. The first-order chi connectivity index (χ1) is 9.39. The van der Waals surface area contributed by atoms with Crippen molar-refractivity contribution >= 4 is 55.7 Å². The number of nitrogens with one attached hydrogen (secondary N) is 2. The van der Waals surface area contributed by atoms with Crippen LogP contribution in [0.4, 0.5) is 0 Å². The molecule has 0 saturated heterocycles. The summed E-state index contributed by atoms with van der Waals surface area (Å²) in [6.07, 6.45) is 0. The summed E-state index contributed by atoms with van der Waals surface area (Å²) in [5.41, 5.74) is -0.642. The number of hydrogen-bond acceptors (Lipinski definition) is 7. The van der Waals surface area contributed by atoms with Crippen molar-refractivity contribution in [2.75, 3.05) is 37.0 Å². The second-order valence-corrected chi connectivity index (χ2v) is 4.91. The molecule has 0 aliphatic heterocycles. The van der Waals surface area contributed by atoms with E-state index in [1.165, 1.54) is 0 Å². The normalized spacial score (nSPS) is 10.9. The summed E-state index contributed by atoms with van der Waals surface area (Å²) in [6.45, 7) is -1.23. The van der Waals surface area contributed by atoms with Crippen LogP contribution in [-0.2, 0) is 19.1 Å². The molecule has 0 fully saturated rings. The molecule has 3 N–H and O–H groups in total. The molecule has 0 aromatic carbocycles. The highest BCUT2D eigenvalue weighted by Gasteiger charge is 2.27. The molecule has 0 aliphatic carbocycles. The molecule has 0 radical (unpaired) electrons. The van der Waals surface area contributed by atoms with Crippen molar-refractivity contribution in [3.8, 4) is 0 Å². The quantitative estimate of drug-likeness (QED) is 0.281. The summed E-state index contributed by atoms with van der Waals surface area (Å²) < 4.78 is 4.57. The van der Waals surface area contributed by atoms with Crippen molar-refractivity contribution < 1.29 is 24.2 Å². The highest BCUT2D eigenvalue weighted by molar-refractivity contribution is 7.82. The standard InChI is InChI=1S/C10H18N2O5S3/c13-7(12-10(4-18,5-19)6-20)1-11-8(14)2-17-3-9(15)16/h18-20H,1-6H2,(H,11,14)(H,12,13)(H,15,16). The van der Waals surface area contributed by atoms with Crippen LogP contribution >= 0.6 is 37.9 Å². The van der Waals surface area contributed by atoms with Gasteiger partial charge in [-0.2, -0.15) is 37.9 Å². The number of carbonyl (C=O) groups is 3. The van der Waals surface area contributed by atoms with Crippen LogP contribution in [0.3, 0.4) is 0 Å². The first kappa shape index (κ1) is 19.4. The Balaban J connectivity index is 4.03. The second kappa shape index (κ2) is 10.2. The summed E-state index contributed by atoms with van der Waals surface area (Å²) in [5.74, 6) is -1.07. The number of thiol groups is 3. The zero-order valence-corrected chi connectivity index (χ0v) is 13.3. The predicted molar refractivity (Wildman–Crippen MR) is 83.9 cm³/mol. The summed E-state index contributed by atoms with van der Waals surface area (Å²) in [7, 11) is 0. The highest BCUT2D eigenvalue weighted by atomic mass is 32.1. The average Bonchev–Trinajstić information content (AvgIpc) is 2.42. The van der Waals surface area contributed by atoms with Crippen LogP contribution in [0.5, 0.6) is 0 Å². The van der Waals surface area contributed by atoms with Crippen molar-refractivity contribution in [3.05, 3.63) is 0 Å². The summed E-state index contributed by atoms with van der Waals surface area (Å²) in [5, 5.41) is 13.3. The molecule has 0 aliphatic rings. The molecular formula is C10H18N2O5S3. The van der Waals surface area contributed by atoms with Crippen LogP contribution in [0.15, 0.2) is 0 Å². The van der Waals surface area contributed by atoms with Crippen molar-refractivity contribution in [1.29, 1.82) is 0 Å². The van der Waals surface area contributed by atoms with Gasteiger partial charge >= 0.3 is 5.97 Å². The van der Waals surface area contributed by atoms with E-state index in [1.54, 1.807) is 0 Å². The molecule has 0 spiro atoms. The summed E-state index contributed by atoms with van der Waals surface area (Å²) in [6, 6.07) is 0. The van der Waals surface area contributed by atoms with E-state index in [-0.39, 0.29) is 6.54 Å². The van der Waals surface area contributed by atoms with Crippen molar-refractivity contribution in [2.24, 2.45) is 0 Å². The number of hydrogen-bond donors (Lipinski definition) is 6. The molecule has 116 valence electrons. The maximum absolute atomic E-state index is 11.7. The van der Waals surface area contributed by atoms with Gasteiger partial charge in [0, 0.05) is 17.3 Å². The van der Waals surface area contributed by atoms with Gasteiger partial charge in [-0.05, 0) is 0 Å². The van der Waals surface area contributed by atoms with Gasteiger partial charge in [0.25, 0.3) is 0 Å². The summed E-state index contributed by atoms with van der Waals surface area (Å²) >= 11 is 12.4. The van der Waals surface area contributed by atoms with E-state index in [2.05, 4.69) is 53.3 Å². The van der Waals surface area contributed by atoms with Crippen molar-refractivity contribution in [2.45, 2.75) is 5.54 Å². The monoisotopic (exact) mass is 342 g/mol. The minimum absolute atomic E-state index is 0.244. The maximum atomic E-state index is 11.7. The number of carboxylic acid groups (broad SMARTS) is 1. The van der Waals surface area contributed by atoms with Gasteiger partial charge in [0.1, 0.15) is 13.2 Å². The molecule has 0 unspecified atom stereocenters. The largest absolute Gasteiger partial charge is 0.480 e. The molecule has 0 bridgehead atoms. The zero-order chi connectivity index (χ0) is 15.6. The fraction of sp³-hybridized carbons (Fsp3) is 0.700. The van der Waals surface area contributed by atoms with Crippen LogP contribution in [0, 0.1) is 0 Å². The fourth-order valence-corrected chi connectivity index (χ4v) is 2.51. The third-order valence-electron chi connectivity index (χ3n) is 2.22. The number of carboxylic acids is 1. The van der Waals surface area contributed by atoms with E-state index < -0.39 is 36.5 Å². The molecule has 0 heterocycles. The van der Waals surface area contributed by atoms with Gasteiger partial charge < -0.3 is 20.5 Å². The zero-order valence-electron chi connectivity index (χ0n) is 10.7. The number of amides is 2. The van der Waals surface area contributed by atoms with Crippen LogP contribution in [0.2, 0.25) is 0 Å². The Kier molecular flexibility index (Phi) is 9.90. The molecule has 0 aromatic heterocycles. The highest BCUT2D eigenvalue weighted by Crippen LogP contribution is 2.11. The number of carbonyl (C=O) groups excluding carboxylic acids is 2. The van der Waals surface area contributed by atoms with E-state index >= 15 is 0 Å².